The Bertz CT molecular complexity index is 583. The Balaban J connectivity index is 2.08. The van der Waals surface area contributed by atoms with Gasteiger partial charge in [-0.3, -0.25) is 9.69 Å². The Hall–Kier alpha value is -1.64. The summed E-state index contributed by atoms with van der Waals surface area (Å²) in [5, 5.41) is 0.735. The van der Waals surface area contributed by atoms with Gasteiger partial charge in [0.25, 0.3) is 0 Å². The highest BCUT2D eigenvalue weighted by atomic mass is 35.5. The molecule has 0 aliphatic heterocycles. The van der Waals surface area contributed by atoms with E-state index in [1.807, 2.05) is 73.5 Å². The van der Waals surface area contributed by atoms with Crippen LogP contribution in [0.2, 0.25) is 5.02 Å². The number of likely N-dealkylation sites (N-methyl/N-ethyl adjacent to an activating group) is 1. The van der Waals surface area contributed by atoms with Crippen LogP contribution in [0.5, 0.6) is 0 Å². The molecule has 0 radical (unpaired) electrons. The van der Waals surface area contributed by atoms with Crippen molar-refractivity contribution in [2.24, 2.45) is 0 Å². The molecule has 0 amide bonds. The molecular weight excluding hydrogens is 270 g/mol. The molecular formula is C17H18ClNO. The van der Waals surface area contributed by atoms with Crippen molar-refractivity contribution in [2.75, 3.05) is 7.05 Å². The number of hydrogen-bond donors (Lipinski definition) is 0. The second-order valence-corrected chi connectivity index (χ2v) is 5.32. The summed E-state index contributed by atoms with van der Waals surface area (Å²) in [5.41, 5.74) is 1.77. The largest absolute Gasteiger partial charge is 0.292 e. The van der Waals surface area contributed by atoms with Crippen LogP contribution in [-0.2, 0) is 6.54 Å². The second kappa shape index (κ2) is 6.69. The third-order valence-corrected chi connectivity index (χ3v) is 3.85. The molecule has 0 aliphatic carbocycles. The lowest BCUT2D eigenvalue weighted by atomic mass is 10.0. The lowest BCUT2D eigenvalue weighted by Crippen LogP contribution is -2.35. The number of carbonyl (C=O) groups excluding carboxylic acids is 1. The summed E-state index contributed by atoms with van der Waals surface area (Å²) < 4.78 is 0. The molecule has 1 unspecified atom stereocenters. The Morgan fingerprint density at radius 2 is 1.70 bits per heavy atom. The number of ketones is 1. The van der Waals surface area contributed by atoms with E-state index in [1.165, 1.54) is 0 Å². The zero-order chi connectivity index (χ0) is 14.5. The fourth-order valence-corrected chi connectivity index (χ4v) is 2.27. The number of benzene rings is 2. The van der Waals surface area contributed by atoms with Crippen LogP contribution in [0.15, 0.2) is 54.6 Å². The fraction of sp³-hybridized carbons (Fsp3) is 0.235. The van der Waals surface area contributed by atoms with Crippen molar-refractivity contribution in [3.05, 3.63) is 70.7 Å². The maximum atomic E-state index is 12.4. The van der Waals surface area contributed by atoms with Crippen molar-refractivity contribution in [3.63, 3.8) is 0 Å². The van der Waals surface area contributed by atoms with Gasteiger partial charge in [-0.25, -0.2) is 0 Å². The van der Waals surface area contributed by atoms with Gasteiger partial charge in [-0.2, -0.15) is 0 Å². The van der Waals surface area contributed by atoms with Crippen molar-refractivity contribution in [2.45, 2.75) is 19.5 Å². The van der Waals surface area contributed by atoms with E-state index in [9.17, 15) is 4.79 Å². The number of Topliss-reactive ketones (excluding diaryl/α,β-unsaturated/α-hetero) is 1. The van der Waals surface area contributed by atoms with Gasteiger partial charge in [0.2, 0.25) is 0 Å². The topological polar surface area (TPSA) is 20.3 Å². The first-order valence-corrected chi connectivity index (χ1v) is 7.00. The van der Waals surface area contributed by atoms with E-state index in [-0.39, 0.29) is 11.8 Å². The molecule has 2 rings (SSSR count). The Kier molecular flexibility index (Phi) is 4.94. The molecule has 2 aromatic rings. The SMILES string of the molecule is CC(C(=O)c1ccccc1)N(C)Cc1ccccc1Cl. The highest BCUT2D eigenvalue weighted by molar-refractivity contribution is 6.31. The van der Waals surface area contributed by atoms with E-state index < -0.39 is 0 Å². The standard InChI is InChI=1S/C17H18ClNO/c1-13(17(20)14-8-4-3-5-9-14)19(2)12-15-10-6-7-11-16(15)18/h3-11,13H,12H2,1-2H3. The van der Waals surface area contributed by atoms with Gasteiger partial charge in [-0.1, -0.05) is 60.1 Å². The molecule has 2 nitrogen and oxygen atoms in total. The number of halogens is 1. The minimum absolute atomic E-state index is 0.125. The third kappa shape index (κ3) is 3.47. The van der Waals surface area contributed by atoms with Crippen molar-refractivity contribution >= 4 is 17.4 Å². The zero-order valence-corrected chi connectivity index (χ0v) is 12.5. The van der Waals surface area contributed by atoms with Crippen LogP contribution >= 0.6 is 11.6 Å². The first-order chi connectivity index (χ1) is 9.59. The van der Waals surface area contributed by atoms with E-state index in [2.05, 4.69) is 0 Å². The molecule has 0 spiro atoms. The first kappa shape index (κ1) is 14.8. The van der Waals surface area contributed by atoms with Gasteiger partial charge < -0.3 is 0 Å². The van der Waals surface area contributed by atoms with Crippen LogP contribution in [0.25, 0.3) is 0 Å². The summed E-state index contributed by atoms with van der Waals surface area (Å²) in [6.07, 6.45) is 0. The van der Waals surface area contributed by atoms with Gasteiger partial charge in [0, 0.05) is 17.1 Å². The third-order valence-electron chi connectivity index (χ3n) is 3.48. The molecule has 0 fully saturated rings. The summed E-state index contributed by atoms with van der Waals surface area (Å²) in [7, 11) is 1.94. The van der Waals surface area contributed by atoms with Crippen LogP contribution in [-0.4, -0.2) is 23.8 Å². The number of rotatable bonds is 5. The van der Waals surface area contributed by atoms with E-state index in [1.54, 1.807) is 0 Å². The molecule has 0 aromatic heterocycles. The highest BCUT2D eigenvalue weighted by Crippen LogP contribution is 2.18. The van der Waals surface area contributed by atoms with Gasteiger partial charge in [-0.15, -0.1) is 0 Å². The molecule has 1 atom stereocenters. The first-order valence-electron chi connectivity index (χ1n) is 6.62. The van der Waals surface area contributed by atoms with Gasteiger partial charge in [0.1, 0.15) is 0 Å². The van der Waals surface area contributed by atoms with Gasteiger partial charge in [0.15, 0.2) is 5.78 Å². The van der Waals surface area contributed by atoms with Crippen molar-refractivity contribution < 1.29 is 4.79 Å². The molecule has 20 heavy (non-hydrogen) atoms. The van der Waals surface area contributed by atoms with Gasteiger partial charge in [0.05, 0.1) is 6.04 Å². The monoisotopic (exact) mass is 287 g/mol. The van der Waals surface area contributed by atoms with Crippen molar-refractivity contribution in [3.8, 4) is 0 Å². The summed E-state index contributed by atoms with van der Waals surface area (Å²) in [6, 6.07) is 16.9. The minimum atomic E-state index is -0.186. The molecule has 0 saturated carbocycles. The van der Waals surface area contributed by atoms with E-state index >= 15 is 0 Å². The summed E-state index contributed by atoms with van der Waals surface area (Å²) in [4.78, 5) is 14.4. The molecule has 0 saturated heterocycles. The molecule has 2 aromatic carbocycles. The summed E-state index contributed by atoms with van der Waals surface area (Å²) >= 11 is 6.16. The maximum absolute atomic E-state index is 12.4. The molecule has 3 heteroatoms. The maximum Gasteiger partial charge on any atom is 0.179 e. The summed E-state index contributed by atoms with van der Waals surface area (Å²) in [6.45, 7) is 2.57. The van der Waals surface area contributed by atoms with Crippen LogP contribution in [0.1, 0.15) is 22.8 Å². The van der Waals surface area contributed by atoms with E-state index in [0.29, 0.717) is 6.54 Å². The number of hydrogen-bond acceptors (Lipinski definition) is 2. The normalized spacial score (nSPS) is 12.4. The number of nitrogens with zero attached hydrogens (tertiary/aromatic N) is 1. The molecule has 0 bridgehead atoms. The molecule has 0 aliphatic rings. The van der Waals surface area contributed by atoms with Crippen molar-refractivity contribution in [1.29, 1.82) is 0 Å². The number of carbonyl (C=O) groups is 1. The van der Waals surface area contributed by atoms with Crippen LogP contribution in [0, 0.1) is 0 Å². The smallest absolute Gasteiger partial charge is 0.179 e. The predicted molar refractivity (Wildman–Crippen MR) is 83.2 cm³/mol. The Morgan fingerprint density at radius 1 is 1.10 bits per heavy atom. The highest BCUT2D eigenvalue weighted by Gasteiger charge is 2.19. The van der Waals surface area contributed by atoms with Crippen LogP contribution < -0.4 is 0 Å². The molecule has 0 N–H and O–H groups in total. The van der Waals surface area contributed by atoms with E-state index in [0.717, 1.165) is 16.1 Å². The average molecular weight is 288 g/mol. The second-order valence-electron chi connectivity index (χ2n) is 4.91. The zero-order valence-electron chi connectivity index (χ0n) is 11.7. The van der Waals surface area contributed by atoms with Crippen LogP contribution in [0.3, 0.4) is 0 Å². The predicted octanol–water partition coefficient (Wildman–Crippen LogP) is 4.04. The van der Waals surface area contributed by atoms with Crippen LogP contribution in [0.4, 0.5) is 0 Å². The van der Waals surface area contributed by atoms with Gasteiger partial charge in [-0.05, 0) is 25.6 Å². The summed E-state index contributed by atoms with van der Waals surface area (Å²) in [5.74, 6) is 0.125. The Morgan fingerprint density at radius 3 is 2.35 bits per heavy atom. The molecule has 104 valence electrons. The minimum Gasteiger partial charge on any atom is -0.292 e. The fourth-order valence-electron chi connectivity index (χ4n) is 2.08. The average Bonchev–Trinajstić information content (AvgIpc) is 2.49. The Labute approximate surface area is 125 Å². The van der Waals surface area contributed by atoms with E-state index in [4.69, 9.17) is 11.6 Å². The lowest BCUT2D eigenvalue weighted by molar-refractivity contribution is 0.0862. The molecule has 0 heterocycles. The quantitative estimate of drug-likeness (QED) is 0.774. The van der Waals surface area contributed by atoms with Gasteiger partial charge >= 0.3 is 0 Å². The lowest BCUT2D eigenvalue weighted by Gasteiger charge is -2.24. The van der Waals surface area contributed by atoms with Crippen molar-refractivity contribution in [1.82, 2.24) is 4.90 Å².